The Morgan fingerprint density at radius 3 is 2.65 bits per heavy atom. The minimum Gasteiger partial charge on any atom is -0.508 e. The summed E-state index contributed by atoms with van der Waals surface area (Å²) in [6.07, 6.45) is 3.53. The first kappa shape index (κ1) is 18.5. The van der Waals surface area contributed by atoms with E-state index in [1.807, 2.05) is 36.4 Å². The number of ether oxygens (including phenoxy) is 1. The van der Waals surface area contributed by atoms with Crippen LogP contribution in [-0.2, 0) is 17.8 Å². The third-order valence-electron chi connectivity index (χ3n) is 3.92. The molecule has 3 rings (SSSR count). The van der Waals surface area contributed by atoms with Gasteiger partial charge in [0.1, 0.15) is 22.4 Å². The summed E-state index contributed by atoms with van der Waals surface area (Å²) in [5.41, 5.74) is 2.79. The van der Waals surface area contributed by atoms with Gasteiger partial charge in [-0.15, -0.1) is 0 Å². The molecule has 2 N–H and O–H groups in total. The van der Waals surface area contributed by atoms with Crippen LogP contribution in [0.5, 0.6) is 11.5 Å². The first-order valence-electron chi connectivity index (χ1n) is 8.34. The van der Waals surface area contributed by atoms with Crippen LogP contribution in [0.3, 0.4) is 0 Å². The summed E-state index contributed by atoms with van der Waals surface area (Å²) >= 11 is 6.26. The SMILES string of the molecule is CCCc1c(O)cccc1OCc1ccc(/C=C2\SC(=S)NC2=O)cc1. The van der Waals surface area contributed by atoms with E-state index in [9.17, 15) is 9.90 Å². The van der Waals surface area contributed by atoms with Gasteiger partial charge in [0.05, 0.1) is 4.91 Å². The molecule has 0 saturated carbocycles. The number of aromatic hydroxyl groups is 1. The average Bonchev–Trinajstić information content (AvgIpc) is 2.94. The molecule has 2 aromatic carbocycles. The molecule has 134 valence electrons. The fourth-order valence-electron chi connectivity index (χ4n) is 2.63. The van der Waals surface area contributed by atoms with Crippen LogP contribution in [0.15, 0.2) is 47.4 Å². The monoisotopic (exact) mass is 385 g/mol. The zero-order valence-electron chi connectivity index (χ0n) is 14.3. The maximum Gasteiger partial charge on any atom is 0.263 e. The van der Waals surface area contributed by atoms with Crippen molar-refractivity contribution >= 4 is 40.3 Å². The van der Waals surface area contributed by atoms with Crippen molar-refractivity contribution in [2.24, 2.45) is 0 Å². The van der Waals surface area contributed by atoms with Crippen molar-refractivity contribution in [1.29, 1.82) is 0 Å². The van der Waals surface area contributed by atoms with Gasteiger partial charge in [-0.1, -0.05) is 67.7 Å². The lowest BCUT2D eigenvalue weighted by Crippen LogP contribution is -2.17. The molecule has 0 aromatic heterocycles. The standard InChI is InChI=1S/C20H19NO3S2/c1-2-4-15-16(22)5-3-6-17(15)24-12-14-9-7-13(8-10-14)11-18-19(23)21-20(25)26-18/h3,5-11,22H,2,4,12H2,1H3,(H,21,23,25)/b18-11-. The second-order valence-corrected chi connectivity index (χ2v) is 7.61. The minimum absolute atomic E-state index is 0.153. The van der Waals surface area contributed by atoms with E-state index < -0.39 is 0 Å². The van der Waals surface area contributed by atoms with Crippen molar-refractivity contribution in [2.75, 3.05) is 0 Å². The normalized spacial score (nSPS) is 15.3. The molecule has 1 aliphatic rings. The predicted octanol–water partition coefficient (Wildman–Crippen LogP) is 4.41. The molecule has 0 bridgehead atoms. The molecule has 1 saturated heterocycles. The van der Waals surface area contributed by atoms with E-state index >= 15 is 0 Å². The highest BCUT2D eigenvalue weighted by Crippen LogP contribution is 2.29. The van der Waals surface area contributed by atoms with Gasteiger partial charge in [-0.2, -0.15) is 0 Å². The number of benzene rings is 2. The number of thioether (sulfide) groups is 1. The lowest BCUT2D eigenvalue weighted by molar-refractivity contribution is -0.115. The van der Waals surface area contributed by atoms with Gasteiger partial charge in [0.15, 0.2) is 0 Å². The van der Waals surface area contributed by atoms with Crippen LogP contribution in [0.4, 0.5) is 0 Å². The molecule has 2 aromatic rings. The summed E-state index contributed by atoms with van der Waals surface area (Å²) in [4.78, 5) is 12.3. The largest absolute Gasteiger partial charge is 0.508 e. The molecule has 1 aliphatic heterocycles. The highest BCUT2D eigenvalue weighted by molar-refractivity contribution is 8.26. The molecule has 0 unspecified atom stereocenters. The molecule has 4 nitrogen and oxygen atoms in total. The summed E-state index contributed by atoms with van der Waals surface area (Å²) in [6.45, 7) is 2.48. The number of nitrogens with one attached hydrogen (secondary N) is 1. The highest BCUT2D eigenvalue weighted by atomic mass is 32.2. The first-order chi connectivity index (χ1) is 12.6. The number of phenols is 1. The van der Waals surface area contributed by atoms with Crippen LogP contribution in [0.1, 0.15) is 30.0 Å². The van der Waals surface area contributed by atoms with Crippen molar-refractivity contribution in [3.63, 3.8) is 0 Å². The number of carbonyl (C=O) groups is 1. The zero-order valence-corrected chi connectivity index (χ0v) is 16.0. The third kappa shape index (κ3) is 4.45. The molecule has 1 fully saturated rings. The second kappa shape index (κ2) is 8.38. The zero-order chi connectivity index (χ0) is 18.5. The number of hydrogen-bond donors (Lipinski definition) is 2. The summed E-state index contributed by atoms with van der Waals surface area (Å²) in [7, 11) is 0. The smallest absolute Gasteiger partial charge is 0.263 e. The van der Waals surface area contributed by atoms with E-state index in [1.54, 1.807) is 12.1 Å². The molecular formula is C20H19NO3S2. The van der Waals surface area contributed by atoms with Gasteiger partial charge in [-0.3, -0.25) is 4.79 Å². The lowest BCUT2D eigenvalue weighted by Gasteiger charge is -2.12. The van der Waals surface area contributed by atoms with Gasteiger partial charge in [-0.05, 0) is 35.8 Å². The number of hydrogen-bond acceptors (Lipinski definition) is 5. The van der Waals surface area contributed by atoms with Crippen molar-refractivity contribution < 1.29 is 14.6 Å². The number of rotatable bonds is 6. The Morgan fingerprint density at radius 1 is 1.23 bits per heavy atom. The van der Waals surface area contributed by atoms with Crippen LogP contribution in [-0.4, -0.2) is 15.3 Å². The maximum absolute atomic E-state index is 11.7. The molecule has 0 radical (unpaired) electrons. The molecule has 1 amide bonds. The highest BCUT2D eigenvalue weighted by Gasteiger charge is 2.21. The molecule has 0 aliphatic carbocycles. The second-order valence-electron chi connectivity index (χ2n) is 5.89. The molecule has 1 heterocycles. The number of thiocarbonyl (C=S) groups is 1. The number of carbonyl (C=O) groups excluding carboxylic acids is 1. The predicted molar refractivity (Wildman–Crippen MR) is 109 cm³/mol. The Kier molecular flexibility index (Phi) is 5.96. The Hall–Kier alpha value is -2.31. The molecule has 6 heteroatoms. The van der Waals surface area contributed by atoms with Crippen molar-refractivity contribution in [1.82, 2.24) is 5.32 Å². The van der Waals surface area contributed by atoms with Gasteiger partial charge in [0.25, 0.3) is 5.91 Å². The van der Waals surface area contributed by atoms with Gasteiger partial charge in [-0.25, -0.2) is 0 Å². The minimum atomic E-state index is -0.153. The van der Waals surface area contributed by atoms with Crippen LogP contribution in [0.25, 0.3) is 6.08 Å². The van der Waals surface area contributed by atoms with Gasteiger partial charge in [0, 0.05) is 5.56 Å². The van der Waals surface area contributed by atoms with E-state index in [-0.39, 0.29) is 11.7 Å². The Balaban J connectivity index is 1.67. The lowest BCUT2D eigenvalue weighted by atomic mass is 10.1. The molecular weight excluding hydrogens is 366 g/mol. The summed E-state index contributed by atoms with van der Waals surface area (Å²) in [5, 5.41) is 12.6. The number of amides is 1. The van der Waals surface area contributed by atoms with Crippen molar-refractivity contribution in [3.05, 3.63) is 64.1 Å². The third-order valence-corrected chi connectivity index (χ3v) is 5.08. The summed E-state index contributed by atoms with van der Waals surface area (Å²) < 4.78 is 6.39. The first-order valence-corrected chi connectivity index (χ1v) is 9.56. The summed E-state index contributed by atoms with van der Waals surface area (Å²) in [6, 6.07) is 13.2. The van der Waals surface area contributed by atoms with E-state index in [4.69, 9.17) is 17.0 Å². The Morgan fingerprint density at radius 2 is 2.00 bits per heavy atom. The van der Waals surface area contributed by atoms with E-state index in [0.717, 1.165) is 29.5 Å². The molecule has 0 atom stereocenters. The van der Waals surface area contributed by atoms with E-state index in [2.05, 4.69) is 12.2 Å². The molecule has 0 spiro atoms. The Bertz CT molecular complexity index is 860. The van der Waals surface area contributed by atoms with Crippen LogP contribution >= 0.6 is 24.0 Å². The van der Waals surface area contributed by atoms with Crippen LogP contribution in [0, 0.1) is 0 Å². The summed E-state index contributed by atoms with van der Waals surface area (Å²) in [5.74, 6) is 0.835. The fraction of sp³-hybridized carbons (Fsp3) is 0.200. The van der Waals surface area contributed by atoms with Crippen molar-refractivity contribution in [2.45, 2.75) is 26.4 Å². The van der Waals surface area contributed by atoms with Crippen LogP contribution in [0.2, 0.25) is 0 Å². The fourth-order valence-corrected chi connectivity index (χ4v) is 3.68. The van der Waals surface area contributed by atoms with Gasteiger partial charge in [0.2, 0.25) is 0 Å². The quantitative estimate of drug-likeness (QED) is 0.570. The maximum atomic E-state index is 11.7. The van der Waals surface area contributed by atoms with Gasteiger partial charge >= 0.3 is 0 Å². The van der Waals surface area contributed by atoms with Crippen LogP contribution < -0.4 is 10.1 Å². The molecule has 26 heavy (non-hydrogen) atoms. The van der Waals surface area contributed by atoms with E-state index in [1.165, 1.54) is 11.8 Å². The van der Waals surface area contributed by atoms with Gasteiger partial charge < -0.3 is 15.2 Å². The Labute approximate surface area is 162 Å². The number of phenolic OH excluding ortho intramolecular Hbond substituents is 1. The van der Waals surface area contributed by atoms with Crippen molar-refractivity contribution in [3.8, 4) is 11.5 Å². The van der Waals surface area contributed by atoms with E-state index in [0.29, 0.717) is 21.6 Å². The topological polar surface area (TPSA) is 58.6 Å². The average molecular weight is 386 g/mol.